The fraction of sp³-hybridized carbons (Fsp3) is 0.286. The summed E-state index contributed by atoms with van der Waals surface area (Å²) in [5, 5.41) is 4.79. The molecular weight excluding hydrogens is 346 g/mol. The Hall–Kier alpha value is -2.46. The lowest BCUT2D eigenvalue weighted by molar-refractivity contribution is -0.120. The van der Waals surface area contributed by atoms with E-state index in [1.54, 1.807) is 0 Å². The van der Waals surface area contributed by atoms with E-state index in [1.165, 1.54) is 11.3 Å². The predicted octanol–water partition coefficient (Wildman–Crippen LogP) is 3.93. The van der Waals surface area contributed by atoms with Gasteiger partial charge in [0.15, 0.2) is 0 Å². The molecule has 0 aliphatic carbocycles. The van der Waals surface area contributed by atoms with Crippen LogP contribution >= 0.6 is 11.6 Å². The maximum absolute atomic E-state index is 12.4. The number of nitrogens with one attached hydrogen (secondary N) is 2. The molecule has 0 saturated carbocycles. The number of halogens is 1. The van der Waals surface area contributed by atoms with Gasteiger partial charge in [-0.1, -0.05) is 35.9 Å². The van der Waals surface area contributed by atoms with E-state index in [2.05, 4.69) is 46.4 Å². The van der Waals surface area contributed by atoms with Crippen LogP contribution in [0.1, 0.15) is 18.1 Å². The van der Waals surface area contributed by atoms with E-state index in [-0.39, 0.29) is 5.91 Å². The highest BCUT2D eigenvalue weighted by Gasteiger charge is 2.24. The molecule has 1 amide bonds. The molecule has 1 atom stereocenters. The van der Waals surface area contributed by atoms with Crippen LogP contribution < -0.4 is 10.2 Å². The fourth-order valence-corrected chi connectivity index (χ4v) is 4.00. The van der Waals surface area contributed by atoms with Crippen molar-refractivity contribution >= 4 is 34.1 Å². The van der Waals surface area contributed by atoms with Crippen LogP contribution in [0.2, 0.25) is 5.02 Å². The summed E-state index contributed by atoms with van der Waals surface area (Å²) in [5.74, 6) is 0.0426. The quantitative estimate of drug-likeness (QED) is 0.717. The summed E-state index contributed by atoms with van der Waals surface area (Å²) >= 11 is 6.01. The van der Waals surface area contributed by atoms with Crippen LogP contribution in [0, 0.1) is 0 Å². The molecular formula is C21H22ClN3O. The van der Waals surface area contributed by atoms with Crippen LogP contribution in [-0.4, -0.2) is 30.0 Å². The van der Waals surface area contributed by atoms with Gasteiger partial charge in [-0.05, 0) is 42.7 Å². The zero-order chi connectivity index (χ0) is 18.1. The minimum absolute atomic E-state index is 0.0426. The number of amides is 1. The Labute approximate surface area is 158 Å². The third-order valence-corrected chi connectivity index (χ3v) is 5.34. The normalized spacial score (nSPS) is 16.1. The maximum atomic E-state index is 12.4. The number of para-hydroxylation sites is 1. The van der Waals surface area contributed by atoms with Gasteiger partial charge in [0, 0.05) is 46.9 Å². The summed E-state index contributed by atoms with van der Waals surface area (Å²) in [4.78, 5) is 17.9. The number of H-pyrrole nitrogens is 1. The molecule has 1 aliphatic heterocycles. The Balaban J connectivity index is 1.34. The summed E-state index contributed by atoms with van der Waals surface area (Å²) in [6, 6.07) is 14.7. The van der Waals surface area contributed by atoms with Gasteiger partial charge in [0.25, 0.3) is 0 Å². The van der Waals surface area contributed by atoms with Crippen molar-refractivity contribution in [3.8, 4) is 0 Å². The van der Waals surface area contributed by atoms with Crippen molar-refractivity contribution in [3.05, 3.63) is 64.8 Å². The number of aromatic amines is 1. The lowest BCUT2D eigenvalue weighted by atomic mass is 10.1. The number of hydrogen-bond donors (Lipinski definition) is 2. The van der Waals surface area contributed by atoms with Crippen LogP contribution in [0.15, 0.2) is 48.7 Å². The van der Waals surface area contributed by atoms with E-state index >= 15 is 0 Å². The summed E-state index contributed by atoms with van der Waals surface area (Å²) in [6.45, 7) is 3.71. The molecule has 0 saturated heterocycles. The monoisotopic (exact) mass is 367 g/mol. The molecule has 0 fully saturated rings. The van der Waals surface area contributed by atoms with E-state index < -0.39 is 0 Å². The molecule has 4 rings (SSSR count). The summed E-state index contributed by atoms with van der Waals surface area (Å²) < 4.78 is 0. The lowest BCUT2D eigenvalue weighted by Gasteiger charge is -2.25. The van der Waals surface area contributed by atoms with Gasteiger partial charge in [0.2, 0.25) is 5.91 Å². The molecule has 134 valence electrons. The van der Waals surface area contributed by atoms with Crippen LogP contribution in [0.4, 0.5) is 5.69 Å². The molecule has 2 heterocycles. The van der Waals surface area contributed by atoms with Crippen molar-refractivity contribution < 1.29 is 4.79 Å². The number of anilines is 1. The summed E-state index contributed by atoms with van der Waals surface area (Å²) in [6.07, 6.45) is 3.33. The Kier molecular flexibility index (Phi) is 4.60. The summed E-state index contributed by atoms with van der Waals surface area (Å²) in [5.41, 5.74) is 4.64. The van der Waals surface area contributed by atoms with Gasteiger partial charge in [0.1, 0.15) is 0 Å². The number of aromatic nitrogens is 1. The number of carbonyl (C=O) groups is 1. The molecule has 5 heteroatoms. The van der Waals surface area contributed by atoms with E-state index in [4.69, 9.17) is 11.6 Å². The third kappa shape index (κ3) is 3.29. The maximum Gasteiger partial charge on any atom is 0.224 e. The van der Waals surface area contributed by atoms with Gasteiger partial charge in [-0.3, -0.25) is 4.79 Å². The van der Waals surface area contributed by atoms with Crippen molar-refractivity contribution in [1.29, 1.82) is 0 Å². The van der Waals surface area contributed by atoms with E-state index in [1.807, 2.05) is 24.4 Å². The second-order valence-corrected chi connectivity index (χ2v) is 7.34. The first-order valence-corrected chi connectivity index (χ1v) is 9.36. The van der Waals surface area contributed by atoms with Crippen molar-refractivity contribution in [2.75, 3.05) is 18.0 Å². The van der Waals surface area contributed by atoms with Gasteiger partial charge in [0.05, 0.1) is 6.42 Å². The minimum atomic E-state index is 0.0426. The number of fused-ring (bicyclic) bond motifs is 2. The SMILES string of the molecule is CC1Cc2ccccc2N1CCNC(=O)Cc1c[nH]c2cc(Cl)ccc12. The molecule has 1 aromatic heterocycles. The second kappa shape index (κ2) is 7.04. The highest BCUT2D eigenvalue weighted by Crippen LogP contribution is 2.31. The Morgan fingerprint density at radius 2 is 2.15 bits per heavy atom. The predicted molar refractivity (Wildman–Crippen MR) is 107 cm³/mol. The highest BCUT2D eigenvalue weighted by atomic mass is 35.5. The van der Waals surface area contributed by atoms with Crippen LogP contribution in [0.3, 0.4) is 0 Å². The van der Waals surface area contributed by atoms with Gasteiger partial charge < -0.3 is 15.2 Å². The van der Waals surface area contributed by atoms with Crippen LogP contribution in [0.5, 0.6) is 0 Å². The van der Waals surface area contributed by atoms with Crippen molar-refractivity contribution in [2.45, 2.75) is 25.8 Å². The first-order valence-electron chi connectivity index (χ1n) is 8.98. The minimum Gasteiger partial charge on any atom is -0.367 e. The van der Waals surface area contributed by atoms with Gasteiger partial charge in [-0.2, -0.15) is 0 Å². The molecule has 2 N–H and O–H groups in total. The number of hydrogen-bond acceptors (Lipinski definition) is 2. The first-order chi connectivity index (χ1) is 12.6. The Bertz CT molecular complexity index is 949. The molecule has 0 spiro atoms. The topological polar surface area (TPSA) is 48.1 Å². The number of rotatable bonds is 5. The molecule has 3 aromatic rings. The van der Waals surface area contributed by atoms with Crippen molar-refractivity contribution in [3.63, 3.8) is 0 Å². The number of nitrogens with zero attached hydrogens (tertiary/aromatic N) is 1. The van der Waals surface area contributed by atoms with Crippen molar-refractivity contribution in [1.82, 2.24) is 10.3 Å². The van der Waals surface area contributed by atoms with E-state index in [9.17, 15) is 4.79 Å². The van der Waals surface area contributed by atoms with Gasteiger partial charge >= 0.3 is 0 Å². The van der Waals surface area contributed by atoms with Gasteiger partial charge in [-0.15, -0.1) is 0 Å². The zero-order valence-electron chi connectivity index (χ0n) is 14.8. The molecule has 2 aromatic carbocycles. The van der Waals surface area contributed by atoms with Crippen LogP contribution in [0.25, 0.3) is 10.9 Å². The zero-order valence-corrected chi connectivity index (χ0v) is 15.5. The molecule has 0 bridgehead atoms. The van der Waals surface area contributed by atoms with Crippen LogP contribution in [-0.2, 0) is 17.6 Å². The summed E-state index contributed by atoms with van der Waals surface area (Å²) in [7, 11) is 0. The molecule has 1 unspecified atom stereocenters. The molecule has 1 aliphatic rings. The average molecular weight is 368 g/mol. The Morgan fingerprint density at radius 1 is 1.31 bits per heavy atom. The fourth-order valence-electron chi connectivity index (χ4n) is 3.83. The number of benzene rings is 2. The largest absolute Gasteiger partial charge is 0.367 e. The molecule has 4 nitrogen and oxygen atoms in total. The standard InChI is InChI=1S/C21H22ClN3O/c1-14-10-15-4-2-3-5-20(15)25(14)9-8-23-21(26)11-16-13-24-19-12-17(22)6-7-18(16)19/h2-7,12-14,24H,8-11H2,1H3,(H,23,26). The Morgan fingerprint density at radius 3 is 3.04 bits per heavy atom. The molecule has 0 radical (unpaired) electrons. The lowest BCUT2D eigenvalue weighted by Crippen LogP contribution is -2.38. The van der Waals surface area contributed by atoms with Crippen molar-refractivity contribution in [2.24, 2.45) is 0 Å². The molecule has 26 heavy (non-hydrogen) atoms. The third-order valence-electron chi connectivity index (χ3n) is 5.10. The van der Waals surface area contributed by atoms with Gasteiger partial charge in [-0.25, -0.2) is 0 Å². The highest BCUT2D eigenvalue weighted by molar-refractivity contribution is 6.31. The van der Waals surface area contributed by atoms with E-state index in [0.29, 0.717) is 24.0 Å². The first kappa shape index (κ1) is 17.0. The smallest absolute Gasteiger partial charge is 0.224 e. The average Bonchev–Trinajstić information content (AvgIpc) is 3.15. The second-order valence-electron chi connectivity index (χ2n) is 6.91. The number of carbonyl (C=O) groups excluding carboxylic acids is 1. The van der Waals surface area contributed by atoms with E-state index in [0.717, 1.165) is 29.4 Å².